The molecule has 132 valence electrons. The van der Waals surface area contributed by atoms with Crippen LogP contribution < -0.4 is 5.56 Å². The van der Waals surface area contributed by atoms with Crippen LogP contribution in [0.2, 0.25) is 0 Å². The lowest BCUT2D eigenvalue weighted by Crippen LogP contribution is -2.28. The van der Waals surface area contributed by atoms with Gasteiger partial charge in [0.2, 0.25) is 0 Å². The number of nitrogens with one attached hydrogen (secondary N) is 1. The van der Waals surface area contributed by atoms with E-state index in [1.54, 1.807) is 10.9 Å². The van der Waals surface area contributed by atoms with Crippen molar-refractivity contribution in [1.29, 1.82) is 0 Å². The van der Waals surface area contributed by atoms with Gasteiger partial charge in [0.15, 0.2) is 0 Å². The van der Waals surface area contributed by atoms with Gasteiger partial charge in [0.05, 0.1) is 6.33 Å². The molecular weight excluding hydrogens is 312 g/mol. The summed E-state index contributed by atoms with van der Waals surface area (Å²) >= 11 is 0. The second kappa shape index (κ2) is 7.00. The Kier molecular flexibility index (Phi) is 4.57. The highest BCUT2D eigenvalue weighted by Crippen LogP contribution is 2.22. The summed E-state index contributed by atoms with van der Waals surface area (Å²) in [5.41, 5.74) is 3.60. The van der Waals surface area contributed by atoms with Gasteiger partial charge >= 0.3 is 0 Å². The van der Waals surface area contributed by atoms with Gasteiger partial charge in [-0.1, -0.05) is 24.5 Å². The number of hydrogen-bond donors (Lipinski definition) is 1. The van der Waals surface area contributed by atoms with Crippen LogP contribution in [0.15, 0.2) is 29.3 Å². The highest BCUT2D eigenvalue weighted by molar-refractivity contribution is 6.04. The standard InChI is InChI=1S/C20H26N4O/c1-15-7-8-17-16(13-15)18-19(22-17)20(25)24(14-21-18)12-6-11-23-9-4-2-3-5-10-23/h7-8,13-14,22H,2-6,9-12H2,1H3. The number of aromatic nitrogens is 3. The fraction of sp³-hybridized carbons (Fsp3) is 0.500. The minimum atomic E-state index is 0.0368. The van der Waals surface area contributed by atoms with Gasteiger partial charge < -0.3 is 9.88 Å². The number of H-pyrrole nitrogens is 1. The van der Waals surface area contributed by atoms with E-state index in [0.717, 1.165) is 35.9 Å². The van der Waals surface area contributed by atoms with E-state index in [1.807, 2.05) is 6.07 Å². The van der Waals surface area contributed by atoms with E-state index in [4.69, 9.17) is 0 Å². The van der Waals surface area contributed by atoms with Crippen molar-refractivity contribution in [1.82, 2.24) is 19.4 Å². The van der Waals surface area contributed by atoms with Crippen molar-refractivity contribution in [2.24, 2.45) is 0 Å². The fourth-order valence-corrected chi connectivity index (χ4v) is 3.89. The number of benzene rings is 1. The van der Waals surface area contributed by atoms with E-state index in [2.05, 4.69) is 33.9 Å². The lowest BCUT2D eigenvalue weighted by molar-refractivity contribution is 0.275. The number of aryl methyl sites for hydroxylation is 2. The van der Waals surface area contributed by atoms with Gasteiger partial charge in [0.1, 0.15) is 11.0 Å². The number of rotatable bonds is 4. The smallest absolute Gasteiger partial charge is 0.277 e. The molecule has 1 N–H and O–H groups in total. The maximum atomic E-state index is 12.8. The normalized spacial score (nSPS) is 16.5. The summed E-state index contributed by atoms with van der Waals surface area (Å²) in [5.74, 6) is 0. The van der Waals surface area contributed by atoms with Crippen molar-refractivity contribution in [2.45, 2.75) is 45.6 Å². The van der Waals surface area contributed by atoms with Gasteiger partial charge in [-0.3, -0.25) is 9.36 Å². The van der Waals surface area contributed by atoms with Crippen LogP contribution >= 0.6 is 0 Å². The van der Waals surface area contributed by atoms with Crippen molar-refractivity contribution in [3.8, 4) is 0 Å². The third-order valence-corrected chi connectivity index (χ3v) is 5.30. The molecule has 5 nitrogen and oxygen atoms in total. The molecule has 1 fully saturated rings. The van der Waals surface area contributed by atoms with E-state index in [0.29, 0.717) is 5.52 Å². The molecule has 1 aliphatic rings. The third kappa shape index (κ3) is 3.33. The van der Waals surface area contributed by atoms with Crippen LogP contribution in [0.4, 0.5) is 0 Å². The first-order chi connectivity index (χ1) is 12.2. The van der Waals surface area contributed by atoms with Gasteiger partial charge in [0, 0.05) is 17.4 Å². The Morgan fingerprint density at radius 3 is 2.72 bits per heavy atom. The van der Waals surface area contributed by atoms with Gasteiger partial charge in [-0.25, -0.2) is 4.98 Å². The molecule has 0 unspecified atom stereocenters. The molecule has 0 saturated carbocycles. The zero-order valence-corrected chi connectivity index (χ0v) is 14.9. The van der Waals surface area contributed by atoms with Crippen LogP contribution in [-0.4, -0.2) is 39.1 Å². The number of aromatic amines is 1. The van der Waals surface area contributed by atoms with E-state index in [1.165, 1.54) is 44.3 Å². The molecule has 0 amide bonds. The molecule has 0 atom stereocenters. The van der Waals surface area contributed by atoms with Crippen LogP contribution in [0.1, 0.15) is 37.7 Å². The first kappa shape index (κ1) is 16.3. The largest absolute Gasteiger partial charge is 0.349 e. The Bertz CT molecular complexity index is 932. The molecule has 0 bridgehead atoms. The lowest BCUT2D eigenvalue weighted by Gasteiger charge is -2.19. The number of fused-ring (bicyclic) bond motifs is 3. The molecule has 1 saturated heterocycles. The molecule has 0 spiro atoms. The van der Waals surface area contributed by atoms with E-state index >= 15 is 0 Å². The van der Waals surface area contributed by atoms with Gasteiger partial charge in [-0.2, -0.15) is 0 Å². The van der Waals surface area contributed by atoms with Crippen molar-refractivity contribution >= 4 is 21.9 Å². The molecule has 4 rings (SSSR count). The Balaban J connectivity index is 1.53. The lowest BCUT2D eigenvalue weighted by atomic mass is 10.2. The van der Waals surface area contributed by atoms with Gasteiger partial charge in [0.25, 0.3) is 5.56 Å². The fourth-order valence-electron chi connectivity index (χ4n) is 3.89. The number of hydrogen-bond acceptors (Lipinski definition) is 3. The monoisotopic (exact) mass is 338 g/mol. The maximum Gasteiger partial charge on any atom is 0.277 e. The summed E-state index contributed by atoms with van der Waals surface area (Å²) in [6, 6.07) is 6.16. The molecule has 3 aromatic rings. The molecule has 5 heteroatoms. The first-order valence-corrected chi connectivity index (χ1v) is 9.42. The Morgan fingerprint density at radius 2 is 1.92 bits per heavy atom. The summed E-state index contributed by atoms with van der Waals surface area (Å²) < 4.78 is 1.75. The van der Waals surface area contributed by atoms with E-state index in [9.17, 15) is 4.79 Å². The SMILES string of the molecule is Cc1ccc2[nH]c3c(=O)n(CCCN4CCCCCC4)cnc3c2c1. The molecular formula is C20H26N4O. The van der Waals surface area contributed by atoms with Crippen molar-refractivity contribution in [3.63, 3.8) is 0 Å². The van der Waals surface area contributed by atoms with E-state index < -0.39 is 0 Å². The zero-order valence-electron chi connectivity index (χ0n) is 14.9. The number of nitrogens with zero attached hydrogens (tertiary/aromatic N) is 3. The van der Waals surface area contributed by atoms with Crippen molar-refractivity contribution < 1.29 is 0 Å². The maximum absolute atomic E-state index is 12.8. The van der Waals surface area contributed by atoms with Gasteiger partial charge in [-0.15, -0.1) is 0 Å². The van der Waals surface area contributed by atoms with Crippen molar-refractivity contribution in [2.75, 3.05) is 19.6 Å². The molecule has 1 aromatic carbocycles. The molecule has 0 aliphatic carbocycles. The average molecular weight is 338 g/mol. The quantitative estimate of drug-likeness (QED) is 0.793. The predicted octanol–water partition coefficient (Wildman–Crippen LogP) is 3.45. The molecule has 25 heavy (non-hydrogen) atoms. The Hall–Kier alpha value is -2.14. The molecule has 1 aliphatic heterocycles. The Labute approximate surface area is 147 Å². The molecule has 2 aromatic heterocycles. The molecule has 0 radical (unpaired) electrons. The summed E-state index contributed by atoms with van der Waals surface area (Å²) in [5, 5.41) is 1.03. The third-order valence-electron chi connectivity index (χ3n) is 5.30. The summed E-state index contributed by atoms with van der Waals surface area (Å²) in [6.07, 6.45) is 8.03. The highest BCUT2D eigenvalue weighted by Gasteiger charge is 2.12. The summed E-state index contributed by atoms with van der Waals surface area (Å²) in [6.45, 7) is 6.26. The van der Waals surface area contributed by atoms with Crippen LogP contribution in [0.5, 0.6) is 0 Å². The van der Waals surface area contributed by atoms with Crippen LogP contribution in [-0.2, 0) is 6.54 Å². The zero-order chi connectivity index (χ0) is 17.2. The summed E-state index contributed by atoms with van der Waals surface area (Å²) in [7, 11) is 0. The second-order valence-corrected chi connectivity index (χ2v) is 7.25. The topological polar surface area (TPSA) is 53.9 Å². The molecule has 3 heterocycles. The van der Waals surface area contributed by atoms with E-state index in [-0.39, 0.29) is 5.56 Å². The van der Waals surface area contributed by atoms with Crippen LogP contribution in [0, 0.1) is 6.92 Å². The summed E-state index contributed by atoms with van der Waals surface area (Å²) in [4.78, 5) is 23.2. The minimum absolute atomic E-state index is 0.0368. The number of likely N-dealkylation sites (tertiary alicyclic amines) is 1. The van der Waals surface area contributed by atoms with Crippen LogP contribution in [0.3, 0.4) is 0 Å². The van der Waals surface area contributed by atoms with Gasteiger partial charge in [-0.05, 0) is 58.0 Å². The predicted molar refractivity (Wildman–Crippen MR) is 102 cm³/mol. The second-order valence-electron chi connectivity index (χ2n) is 7.25. The first-order valence-electron chi connectivity index (χ1n) is 9.42. The minimum Gasteiger partial charge on any atom is -0.349 e. The highest BCUT2D eigenvalue weighted by atomic mass is 16.1. The average Bonchev–Trinajstić information content (AvgIpc) is 2.78. The Morgan fingerprint density at radius 1 is 1.12 bits per heavy atom. The van der Waals surface area contributed by atoms with Crippen molar-refractivity contribution in [3.05, 3.63) is 40.4 Å². The van der Waals surface area contributed by atoms with Crippen LogP contribution in [0.25, 0.3) is 21.9 Å².